The van der Waals surface area contributed by atoms with E-state index >= 15 is 0 Å². The minimum atomic E-state index is -0.525. The SMILES string of the molecule is Cc1nc(-c2c(Cl)c3cc(F)ccc3n2-c2ccc(C(N)=O)cc2)no1. The van der Waals surface area contributed by atoms with Crippen molar-refractivity contribution in [1.82, 2.24) is 14.7 Å². The van der Waals surface area contributed by atoms with Gasteiger partial charge in [0.1, 0.15) is 11.5 Å². The van der Waals surface area contributed by atoms with Crippen molar-refractivity contribution in [3.8, 4) is 17.2 Å². The molecule has 0 saturated carbocycles. The lowest BCUT2D eigenvalue weighted by Gasteiger charge is -2.09. The van der Waals surface area contributed by atoms with Gasteiger partial charge >= 0.3 is 0 Å². The highest BCUT2D eigenvalue weighted by Crippen LogP contribution is 2.39. The van der Waals surface area contributed by atoms with Crippen LogP contribution in [-0.4, -0.2) is 20.6 Å². The molecule has 0 atom stereocenters. The van der Waals surface area contributed by atoms with Gasteiger partial charge in [0, 0.05) is 23.6 Å². The van der Waals surface area contributed by atoms with Gasteiger partial charge in [-0.2, -0.15) is 4.98 Å². The number of nitrogens with zero attached hydrogens (tertiary/aromatic N) is 3. The molecule has 2 aromatic carbocycles. The van der Waals surface area contributed by atoms with E-state index in [4.69, 9.17) is 21.9 Å². The number of primary amides is 1. The lowest BCUT2D eigenvalue weighted by molar-refractivity contribution is 0.100. The van der Waals surface area contributed by atoms with Crippen molar-refractivity contribution in [2.75, 3.05) is 0 Å². The standard InChI is InChI=1S/C18H12ClFN4O2/c1-9-22-18(23-26-9)16-15(19)13-8-11(20)4-7-14(13)24(16)12-5-2-10(3-6-12)17(21)25/h2-8H,1H3,(H2,21,25). The van der Waals surface area contributed by atoms with Gasteiger partial charge in [-0.1, -0.05) is 16.8 Å². The van der Waals surface area contributed by atoms with Gasteiger partial charge in [-0.05, 0) is 42.5 Å². The smallest absolute Gasteiger partial charge is 0.248 e. The third kappa shape index (κ3) is 2.53. The van der Waals surface area contributed by atoms with Gasteiger partial charge in [0.2, 0.25) is 17.6 Å². The average molecular weight is 371 g/mol. The molecule has 4 rings (SSSR count). The monoisotopic (exact) mass is 370 g/mol. The van der Waals surface area contributed by atoms with E-state index < -0.39 is 11.7 Å². The molecule has 130 valence electrons. The molecule has 0 unspecified atom stereocenters. The van der Waals surface area contributed by atoms with Gasteiger partial charge in [0.25, 0.3) is 0 Å². The number of benzene rings is 2. The van der Waals surface area contributed by atoms with Crippen LogP contribution in [0.15, 0.2) is 47.0 Å². The Kier molecular flexibility index (Phi) is 3.73. The third-order valence-corrected chi connectivity index (χ3v) is 4.40. The van der Waals surface area contributed by atoms with E-state index in [-0.39, 0.29) is 5.82 Å². The third-order valence-electron chi connectivity index (χ3n) is 4.02. The first-order valence-corrected chi connectivity index (χ1v) is 8.04. The van der Waals surface area contributed by atoms with Gasteiger partial charge in [-0.25, -0.2) is 4.39 Å². The molecule has 0 aliphatic carbocycles. The molecule has 0 fully saturated rings. The highest BCUT2D eigenvalue weighted by atomic mass is 35.5. The fourth-order valence-corrected chi connectivity index (χ4v) is 3.18. The molecule has 1 amide bonds. The topological polar surface area (TPSA) is 86.9 Å². The van der Waals surface area contributed by atoms with E-state index in [1.54, 1.807) is 41.8 Å². The minimum absolute atomic E-state index is 0.281. The molecule has 0 aliphatic rings. The summed E-state index contributed by atoms with van der Waals surface area (Å²) < 4.78 is 20.6. The van der Waals surface area contributed by atoms with Crippen molar-refractivity contribution >= 4 is 28.4 Å². The van der Waals surface area contributed by atoms with Crippen molar-refractivity contribution in [3.63, 3.8) is 0 Å². The number of halogens is 2. The molecule has 0 radical (unpaired) electrons. The molecular formula is C18H12ClFN4O2. The Morgan fingerprint density at radius 1 is 1.23 bits per heavy atom. The predicted molar refractivity (Wildman–Crippen MR) is 94.8 cm³/mol. The second kappa shape index (κ2) is 5.96. The van der Waals surface area contributed by atoms with E-state index in [1.165, 1.54) is 12.1 Å². The van der Waals surface area contributed by atoms with E-state index in [1.807, 2.05) is 0 Å². The fourth-order valence-electron chi connectivity index (χ4n) is 2.86. The number of carbonyl (C=O) groups is 1. The molecule has 0 spiro atoms. The van der Waals surface area contributed by atoms with Crippen molar-refractivity contribution in [2.24, 2.45) is 5.73 Å². The number of fused-ring (bicyclic) bond motifs is 1. The first-order valence-electron chi connectivity index (χ1n) is 7.66. The van der Waals surface area contributed by atoms with Crippen LogP contribution in [0.5, 0.6) is 0 Å². The largest absolute Gasteiger partial charge is 0.366 e. The van der Waals surface area contributed by atoms with Crippen LogP contribution in [0.3, 0.4) is 0 Å². The number of amides is 1. The number of aryl methyl sites for hydroxylation is 1. The highest BCUT2D eigenvalue weighted by molar-refractivity contribution is 6.38. The molecule has 6 nitrogen and oxygen atoms in total. The summed E-state index contributed by atoms with van der Waals surface area (Å²) in [4.78, 5) is 15.6. The maximum absolute atomic E-state index is 13.7. The van der Waals surface area contributed by atoms with Gasteiger partial charge in [0.15, 0.2) is 0 Å². The highest BCUT2D eigenvalue weighted by Gasteiger charge is 2.22. The van der Waals surface area contributed by atoms with Crippen molar-refractivity contribution in [2.45, 2.75) is 6.92 Å². The lowest BCUT2D eigenvalue weighted by Crippen LogP contribution is -2.10. The first kappa shape index (κ1) is 16.3. The number of hydrogen-bond acceptors (Lipinski definition) is 4. The van der Waals surface area contributed by atoms with Crippen molar-refractivity contribution < 1.29 is 13.7 Å². The van der Waals surface area contributed by atoms with Gasteiger partial charge in [-0.3, -0.25) is 4.79 Å². The summed E-state index contributed by atoms with van der Waals surface area (Å²) in [5.74, 6) is -0.272. The summed E-state index contributed by atoms with van der Waals surface area (Å²) in [6.45, 7) is 1.67. The zero-order valence-electron chi connectivity index (χ0n) is 13.5. The van der Waals surface area contributed by atoms with Crippen LogP contribution in [0.4, 0.5) is 4.39 Å². The van der Waals surface area contributed by atoms with Crippen LogP contribution in [0.2, 0.25) is 5.02 Å². The van der Waals surface area contributed by atoms with Crippen molar-refractivity contribution in [3.05, 3.63) is 64.8 Å². The lowest BCUT2D eigenvalue weighted by atomic mass is 10.2. The second-order valence-corrected chi connectivity index (χ2v) is 6.09. The molecule has 8 heteroatoms. The van der Waals surface area contributed by atoms with Crippen LogP contribution in [-0.2, 0) is 0 Å². The number of carbonyl (C=O) groups excluding carboxylic acids is 1. The maximum atomic E-state index is 13.7. The molecule has 2 aromatic heterocycles. The van der Waals surface area contributed by atoms with Gasteiger partial charge in [-0.15, -0.1) is 0 Å². The molecule has 0 saturated heterocycles. The maximum Gasteiger partial charge on any atom is 0.248 e. The Hall–Kier alpha value is -3.19. The average Bonchev–Trinajstić information content (AvgIpc) is 3.16. The Bertz CT molecular complexity index is 1150. The zero-order chi connectivity index (χ0) is 18.4. The summed E-state index contributed by atoms with van der Waals surface area (Å²) in [5, 5.41) is 4.76. The van der Waals surface area contributed by atoms with E-state index in [0.29, 0.717) is 38.8 Å². The molecule has 2 N–H and O–H groups in total. The van der Waals surface area contributed by atoms with Crippen molar-refractivity contribution in [1.29, 1.82) is 0 Å². The summed E-state index contributed by atoms with van der Waals surface area (Å²) >= 11 is 6.53. The van der Waals surface area contributed by atoms with Crippen LogP contribution < -0.4 is 5.73 Å². The Labute approximate surface area is 152 Å². The quantitative estimate of drug-likeness (QED) is 0.592. The Balaban J connectivity index is 2.04. The van der Waals surface area contributed by atoms with Gasteiger partial charge in [0.05, 0.1) is 10.5 Å². The summed E-state index contributed by atoms with van der Waals surface area (Å²) in [6.07, 6.45) is 0. The number of rotatable bonds is 3. The Morgan fingerprint density at radius 2 is 1.96 bits per heavy atom. The molecular weight excluding hydrogens is 359 g/mol. The van der Waals surface area contributed by atoms with Crippen LogP contribution >= 0.6 is 11.6 Å². The number of aromatic nitrogens is 3. The van der Waals surface area contributed by atoms with E-state index in [9.17, 15) is 9.18 Å². The number of nitrogens with two attached hydrogens (primary N) is 1. The first-order chi connectivity index (χ1) is 12.5. The fraction of sp³-hybridized carbons (Fsp3) is 0.0556. The Morgan fingerprint density at radius 3 is 2.58 bits per heavy atom. The molecule has 4 aromatic rings. The molecule has 26 heavy (non-hydrogen) atoms. The number of hydrogen-bond donors (Lipinski definition) is 1. The van der Waals surface area contributed by atoms with Gasteiger partial charge < -0.3 is 14.8 Å². The van der Waals surface area contributed by atoms with E-state index in [0.717, 1.165) is 0 Å². The second-order valence-electron chi connectivity index (χ2n) is 5.71. The molecule has 0 bridgehead atoms. The summed E-state index contributed by atoms with van der Waals surface area (Å²) in [6, 6.07) is 11.0. The zero-order valence-corrected chi connectivity index (χ0v) is 14.3. The normalized spacial score (nSPS) is 11.2. The van der Waals surface area contributed by atoms with Crippen LogP contribution in [0.1, 0.15) is 16.2 Å². The molecule has 2 heterocycles. The summed E-state index contributed by atoms with van der Waals surface area (Å²) in [7, 11) is 0. The van der Waals surface area contributed by atoms with Crippen LogP contribution in [0.25, 0.3) is 28.1 Å². The van der Waals surface area contributed by atoms with Crippen LogP contribution in [0, 0.1) is 12.7 Å². The van der Waals surface area contributed by atoms with E-state index in [2.05, 4.69) is 10.1 Å². The minimum Gasteiger partial charge on any atom is -0.366 e. The summed E-state index contributed by atoms with van der Waals surface area (Å²) in [5.41, 5.74) is 7.50. The molecule has 0 aliphatic heterocycles. The predicted octanol–water partition coefficient (Wildman–Crippen LogP) is 3.88.